The third kappa shape index (κ3) is 4.30. The van der Waals surface area contributed by atoms with Gasteiger partial charge in [0.1, 0.15) is 16.6 Å². The van der Waals surface area contributed by atoms with E-state index in [4.69, 9.17) is 4.74 Å². The summed E-state index contributed by atoms with van der Waals surface area (Å²) in [4.78, 5) is 25.5. The van der Waals surface area contributed by atoms with Crippen LogP contribution in [-0.2, 0) is 9.53 Å². The zero-order valence-electron chi connectivity index (χ0n) is 15.8. The molecule has 0 aliphatic rings. The number of esters is 1. The minimum Gasteiger partial charge on any atom is -0.462 e. The van der Waals surface area contributed by atoms with Gasteiger partial charge < -0.3 is 15.4 Å². The summed E-state index contributed by atoms with van der Waals surface area (Å²) in [5, 5.41) is 8.29. The Morgan fingerprint density at radius 3 is 2.29 bits per heavy atom. The summed E-state index contributed by atoms with van der Waals surface area (Å²) in [6, 6.07) is 18.5. The molecule has 1 amide bonds. The molecule has 0 aliphatic heterocycles. The van der Waals surface area contributed by atoms with E-state index in [0.29, 0.717) is 10.6 Å². The van der Waals surface area contributed by atoms with E-state index in [1.54, 1.807) is 14.0 Å². The molecule has 1 atom stereocenters. The average Bonchev–Trinajstić information content (AvgIpc) is 3.14. The summed E-state index contributed by atoms with van der Waals surface area (Å²) in [5.74, 6) is -0.681. The van der Waals surface area contributed by atoms with Gasteiger partial charge in [-0.1, -0.05) is 60.7 Å². The second-order valence-electron chi connectivity index (χ2n) is 6.06. The standard InChI is InChI=1S/C22H22N2O3S/c1-3-27-22(26)18-17(15-10-6-4-7-11-15)14-28-21(18)24-20(25)19(23-2)16-12-8-5-9-13-16/h4-14,19,23H,3H2,1-2H3,(H,24,25). The van der Waals surface area contributed by atoms with E-state index in [9.17, 15) is 9.59 Å². The first-order valence-electron chi connectivity index (χ1n) is 9.02. The maximum absolute atomic E-state index is 12.9. The number of carbonyl (C=O) groups excluding carboxylic acids is 2. The fourth-order valence-corrected chi connectivity index (χ4v) is 3.92. The Morgan fingerprint density at radius 1 is 1.04 bits per heavy atom. The molecule has 0 fully saturated rings. The zero-order chi connectivity index (χ0) is 19.9. The van der Waals surface area contributed by atoms with Crippen molar-refractivity contribution in [2.75, 3.05) is 19.0 Å². The van der Waals surface area contributed by atoms with Gasteiger partial charge in [0.2, 0.25) is 5.91 Å². The molecule has 3 aromatic rings. The van der Waals surface area contributed by atoms with Crippen molar-refractivity contribution in [3.05, 3.63) is 77.2 Å². The molecule has 0 aliphatic carbocycles. The molecule has 3 rings (SSSR count). The number of likely N-dealkylation sites (N-methyl/N-ethyl adjacent to an activating group) is 1. The van der Waals surface area contributed by atoms with Crippen LogP contribution < -0.4 is 10.6 Å². The van der Waals surface area contributed by atoms with Crippen LogP contribution in [0.2, 0.25) is 0 Å². The SMILES string of the molecule is CCOC(=O)c1c(-c2ccccc2)csc1NC(=O)C(NC)c1ccccc1. The Labute approximate surface area is 168 Å². The molecule has 2 N–H and O–H groups in total. The first kappa shape index (κ1) is 19.8. The average molecular weight is 394 g/mol. The van der Waals surface area contributed by atoms with E-state index in [-0.39, 0.29) is 12.5 Å². The van der Waals surface area contributed by atoms with Gasteiger partial charge in [0.05, 0.1) is 6.61 Å². The van der Waals surface area contributed by atoms with Crippen LogP contribution in [0, 0.1) is 0 Å². The normalized spacial score (nSPS) is 11.6. The van der Waals surface area contributed by atoms with Gasteiger partial charge in [0.15, 0.2) is 0 Å². The van der Waals surface area contributed by atoms with Gasteiger partial charge in [-0.3, -0.25) is 4.79 Å². The number of carbonyl (C=O) groups is 2. The molecule has 0 bridgehead atoms. The van der Waals surface area contributed by atoms with Crippen LogP contribution in [0.3, 0.4) is 0 Å². The lowest BCUT2D eigenvalue weighted by molar-refractivity contribution is -0.118. The number of thiophene rings is 1. The lowest BCUT2D eigenvalue weighted by Gasteiger charge is -2.16. The summed E-state index contributed by atoms with van der Waals surface area (Å²) < 4.78 is 5.24. The maximum atomic E-state index is 12.9. The van der Waals surface area contributed by atoms with Crippen LogP contribution >= 0.6 is 11.3 Å². The molecule has 2 aromatic carbocycles. The largest absolute Gasteiger partial charge is 0.462 e. The van der Waals surface area contributed by atoms with Gasteiger partial charge in [-0.15, -0.1) is 11.3 Å². The van der Waals surface area contributed by atoms with E-state index in [2.05, 4.69) is 10.6 Å². The van der Waals surface area contributed by atoms with Gasteiger partial charge >= 0.3 is 5.97 Å². The van der Waals surface area contributed by atoms with Gasteiger partial charge in [-0.2, -0.15) is 0 Å². The van der Waals surface area contributed by atoms with Gasteiger partial charge in [-0.05, 0) is 25.1 Å². The second kappa shape index (κ2) is 9.30. The summed E-state index contributed by atoms with van der Waals surface area (Å²) >= 11 is 1.32. The minimum atomic E-state index is -0.529. The van der Waals surface area contributed by atoms with E-state index < -0.39 is 12.0 Å². The number of benzene rings is 2. The van der Waals surface area contributed by atoms with Crippen molar-refractivity contribution < 1.29 is 14.3 Å². The fraction of sp³-hybridized carbons (Fsp3) is 0.182. The quantitative estimate of drug-likeness (QED) is 0.580. The van der Waals surface area contributed by atoms with Crippen molar-refractivity contribution in [1.29, 1.82) is 0 Å². The van der Waals surface area contributed by atoms with Crippen molar-refractivity contribution in [3.8, 4) is 11.1 Å². The van der Waals surface area contributed by atoms with Crippen LogP contribution in [0.1, 0.15) is 28.9 Å². The molecule has 6 heteroatoms. The van der Waals surface area contributed by atoms with Gasteiger partial charge in [0, 0.05) is 10.9 Å². The molecule has 28 heavy (non-hydrogen) atoms. The molecular formula is C22H22N2O3S. The van der Waals surface area contributed by atoms with Crippen LogP contribution in [0.25, 0.3) is 11.1 Å². The van der Waals surface area contributed by atoms with Crippen molar-refractivity contribution in [1.82, 2.24) is 5.32 Å². The van der Waals surface area contributed by atoms with Crippen molar-refractivity contribution >= 4 is 28.2 Å². The highest BCUT2D eigenvalue weighted by molar-refractivity contribution is 7.15. The summed E-state index contributed by atoms with van der Waals surface area (Å²) in [6.45, 7) is 2.02. The molecule has 1 heterocycles. The second-order valence-corrected chi connectivity index (χ2v) is 6.94. The number of anilines is 1. The number of nitrogens with one attached hydrogen (secondary N) is 2. The molecule has 1 aromatic heterocycles. The van der Waals surface area contributed by atoms with E-state index in [0.717, 1.165) is 16.7 Å². The van der Waals surface area contributed by atoms with Crippen LogP contribution in [0.5, 0.6) is 0 Å². The van der Waals surface area contributed by atoms with Crippen molar-refractivity contribution in [2.45, 2.75) is 13.0 Å². The lowest BCUT2D eigenvalue weighted by atomic mass is 10.0. The van der Waals surface area contributed by atoms with Crippen molar-refractivity contribution in [2.24, 2.45) is 0 Å². The highest BCUT2D eigenvalue weighted by Gasteiger charge is 2.25. The van der Waals surface area contributed by atoms with Crippen LogP contribution in [0.15, 0.2) is 66.0 Å². The number of ether oxygens (including phenoxy) is 1. The Balaban J connectivity index is 1.94. The highest BCUT2D eigenvalue weighted by Crippen LogP contribution is 2.36. The van der Waals surface area contributed by atoms with E-state index in [1.807, 2.05) is 66.0 Å². The Kier molecular flexibility index (Phi) is 6.57. The molecule has 1 unspecified atom stereocenters. The molecule has 0 saturated carbocycles. The summed E-state index contributed by atoms with van der Waals surface area (Å²) in [7, 11) is 1.73. The topological polar surface area (TPSA) is 67.4 Å². The lowest BCUT2D eigenvalue weighted by Crippen LogP contribution is -2.30. The first-order chi connectivity index (χ1) is 13.7. The first-order valence-corrected chi connectivity index (χ1v) is 9.90. The highest BCUT2D eigenvalue weighted by atomic mass is 32.1. The van der Waals surface area contributed by atoms with E-state index in [1.165, 1.54) is 11.3 Å². The van der Waals surface area contributed by atoms with Crippen molar-refractivity contribution in [3.63, 3.8) is 0 Å². The molecule has 144 valence electrons. The molecule has 0 spiro atoms. The molecule has 0 radical (unpaired) electrons. The smallest absolute Gasteiger partial charge is 0.341 e. The predicted molar refractivity (Wildman–Crippen MR) is 113 cm³/mol. The molecular weight excluding hydrogens is 372 g/mol. The number of hydrogen-bond acceptors (Lipinski definition) is 5. The van der Waals surface area contributed by atoms with E-state index >= 15 is 0 Å². The molecule has 5 nitrogen and oxygen atoms in total. The van der Waals surface area contributed by atoms with Crippen LogP contribution in [0.4, 0.5) is 5.00 Å². The van der Waals surface area contributed by atoms with Gasteiger partial charge in [0.25, 0.3) is 0 Å². The predicted octanol–water partition coefficient (Wildman–Crippen LogP) is 4.49. The Morgan fingerprint density at radius 2 is 1.68 bits per heavy atom. The summed E-state index contributed by atoms with van der Waals surface area (Å²) in [6.07, 6.45) is 0. The molecule has 0 saturated heterocycles. The number of rotatable bonds is 7. The summed E-state index contributed by atoms with van der Waals surface area (Å²) in [5.41, 5.74) is 2.88. The third-order valence-corrected chi connectivity index (χ3v) is 5.17. The minimum absolute atomic E-state index is 0.235. The fourth-order valence-electron chi connectivity index (χ4n) is 2.96. The maximum Gasteiger partial charge on any atom is 0.341 e. The number of hydrogen-bond donors (Lipinski definition) is 2. The van der Waals surface area contributed by atoms with Gasteiger partial charge in [-0.25, -0.2) is 4.79 Å². The third-order valence-electron chi connectivity index (χ3n) is 4.28. The van der Waals surface area contributed by atoms with Crippen LogP contribution in [-0.4, -0.2) is 25.5 Å². The zero-order valence-corrected chi connectivity index (χ0v) is 16.6. The Hall–Kier alpha value is -2.96. The monoisotopic (exact) mass is 394 g/mol. The Bertz CT molecular complexity index is 939. The number of amides is 1.